The predicted molar refractivity (Wildman–Crippen MR) is 102 cm³/mol. The number of aliphatic hydroxyl groups excluding tert-OH is 1. The lowest BCUT2D eigenvalue weighted by molar-refractivity contribution is 0.196. The number of pyridine rings is 1. The van der Waals surface area contributed by atoms with Crippen molar-refractivity contribution in [2.45, 2.75) is 13.0 Å². The van der Waals surface area contributed by atoms with Gasteiger partial charge in [-0.1, -0.05) is 29.8 Å². The molecule has 3 rings (SSSR count). The number of aliphatic hydroxyl groups is 1. The number of aromatic nitrogens is 1. The summed E-state index contributed by atoms with van der Waals surface area (Å²) in [7, 11) is 1.64. The van der Waals surface area contributed by atoms with Crippen LogP contribution in [0.25, 0.3) is 22.2 Å². The van der Waals surface area contributed by atoms with Crippen molar-refractivity contribution in [2.75, 3.05) is 25.5 Å². The lowest BCUT2D eigenvalue weighted by Crippen LogP contribution is -2.27. The van der Waals surface area contributed by atoms with Crippen molar-refractivity contribution >= 4 is 16.6 Å². The third-order valence-electron chi connectivity index (χ3n) is 4.16. The van der Waals surface area contributed by atoms with Crippen LogP contribution in [0.1, 0.15) is 5.56 Å². The van der Waals surface area contributed by atoms with Crippen molar-refractivity contribution in [3.63, 3.8) is 0 Å². The van der Waals surface area contributed by atoms with Gasteiger partial charge in [0.1, 0.15) is 5.75 Å². The van der Waals surface area contributed by atoms with Gasteiger partial charge in [-0.2, -0.15) is 0 Å². The lowest BCUT2D eigenvalue weighted by atomic mass is 10.1. The van der Waals surface area contributed by atoms with Crippen molar-refractivity contribution in [1.82, 2.24) is 4.98 Å². The highest BCUT2D eigenvalue weighted by Crippen LogP contribution is 2.30. The van der Waals surface area contributed by atoms with Crippen LogP contribution >= 0.6 is 0 Å². The van der Waals surface area contributed by atoms with Crippen molar-refractivity contribution in [3.05, 3.63) is 54.1 Å². The van der Waals surface area contributed by atoms with Gasteiger partial charge in [0.05, 0.1) is 24.4 Å². The van der Waals surface area contributed by atoms with Gasteiger partial charge in [0, 0.05) is 35.8 Å². The van der Waals surface area contributed by atoms with Crippen LogP contribution in [0.2, 0.25) is 0 Å². The molecule has 130 valence electrons. The standard InChI is InChI=1S/C20H23N3O2/c1-13-3-5-14(6-4-13)18-10-19(22-12-15(24)11-21)17-8-7-16(25-2)9-20(17)23-18/h3-10,15,24H,11-12,21H2,1-2H3,(H,22,23). The quantitative estimate of drug-likeness (QED) is 0.644. The SMILES string of the molecule is COc1ccc2c(NCC(O)CN)cc(-c3ccc(C)cc3)nc2c1. The van der Waals surface area contributed by atoms with Gasteiger partial charge in [0.2, 0.25) is 0 Å². The maximum atomic E-state index is 9.77. The Balaban J connectivity index is 2.08. The van der Waals surface area contributed by atoms with Crippen molar-refractivity contribution < 1.29 is 9.84 Å². The summed E-state index contributed by atoms with van der Waals surface area (Å²) in [4.78, 5) is 4.78. The van der Waals surface area contributed by atoms with Crippen LogP contribution in [0.4, 0.5) is 5.69 Å². The molecule has 1 aromatic heterocycles. The monoisotopic (exact) mass is 337 g/mol. The van der Waals surface area contributed by atoms with E-state index < -0.39 is 6.10 Å². The number of benzene rings is 2. The van der Waals surface area contributed by atoms with Gasteiger partial charge < -0.3 is 20.9 Å². The zero-order valence-electron chi connectivity index (χ0n) is 14.5. The number of nitrogens with one attached hydrogen (secondary N) is 1. The second-order valence-electron chi connectivity index (χ2n) is 6.07. The molecule has 0 aliphatic heterocycles. The fourth-order valence-electron chi connectivity index (χ4n) is 2.66. The zero-order valence-corrected chi connectivity index (χ0v) is 14.5. The van der Waals surface area contributed by atoms with Gasteiger partial charge in [0.15, 0.2) is 0 Å². The molecule has 0 saturated heterocycles. The van der Waals surface area contributed by atoms with Crippen LogP contribution in [0.3, 0.4) is 0 Å². The van der Waals surface area contributed by atoms with Crippen LogP contribution in [-0.4, -0.2) is 36.4 Å². The number of hydrogen-bond acceptors (Lipinski definition) is 5. The smallest absolute Gasteiger partial charge is 0.121 e. The minimum absolute atomic E-state index is 0.217. The van der Waals surface area contributed by atoms with Crippen molar-refractivity contribution in [1.29, 1.82) is 0 Å². The Morgan fingerprint density at radius 2 is 1.92 bits per heavy atom. The molecule has 0 amide bonds. The Hall–Kier alpha value is -2.63. The molecule has 0 aliphatic carbocycles. The number of methoxy groups -OCH3 is 1. The molecule has 0 bridgehead atoms. The third kappa shape index (κ3) is 3.90. The van der Waals surface area contributed by atoms with Crippen LogP contribution in [0.5, 0.6) is 5.75 Å². The van der Waals surface area contributed by atoms with Crippen LogP contribution < -0.4 is 15.8 Å². The summed E-state index contributed by atoms with van der Waals surface area (Å²) in [6, 6.07) is 16.0. The highest BCUT2D eigenvalue weighted by Gasteiger charge is 2.10. The van der Waals surface area contributed by atoms with E-state index in [-0.39, 0.29) is 6.54 Å². The van der Waals surface area contributed by atoms with Gasteiger partial charge in [-0.3, -0.25) is 0 Å². The second kappa shape index (κ2) is 7.51. The fourth-order valence-corrected chi connectivity index (χ4v) is 2.66. The summed E-state index contributed by atoms with van der Waals surface area (Å²) in [5.41, 5.74) is 10.4. The fraction of sp³-hybridized carbons (Fsp3) is 0.250. The molecule has 0 radical (unpaired) electrons. The van der Waals surface area contributed by atoms with E-state index in [2.05, 4.69) is 36.5 Å². The molecule has 4 N–H and O–H groups in total. The van der Waals surface area contributed by atoms with Gasteiger partial charge in [0.25, 0.3) is 0 Å². The largest absolute Gasteiger partial charge is 0.497 e. The minimum atomic E-state index is -0.593. The first kappa shape index (κ1) is 17.2. The number of nitrogens with zero attached hydrogens (tertiary/aromatic N) is 1. The molecule has 5 heteroatoms. The van der Waals surface area contributed by atoms with Gasteiger partial charge in [-0.15, -0.1) is 0 Å². The van der Waals surface area contributed by atoms with E-state index in [1.807, 2.05) is 24.3 Å². The Bertz CT molecular complexity index is 863. The number of rotatable bonds is 6. The van der Waals surface area contributed by atoms with Crippen molar-refractivity contribution in [3.8, 4) is 17.0 Å². The average Bonchev–Trinajstić information content (AvgIpc) is 2.65. The third-order valence-corrected chi connectivity index (χ3v) is 4.16. The molecule has 0 spiro atoms. The van der Waals surface area contributed by atoms with E-state index in [1.165, 1.54) is 5.56 Å². The van der Waals surface area contributed by atoms with Crippen molar-refractivity contribution in [2.24, 2.45) is 5.73 Å². The average molecular weight is 337 g/mol. The molecular formula is C20H23N3O2. The molecule has 1 atom stereocenters. The molecule has 2 aromatic carbocycles. The van der Waals surface area contributed by atoms with Gasteiger partial charge in [-0.05, 0) is 25.1 Å². The first-order chi connectivity index (χ1) is 12.1. The Kier molecular flexibility index (Phi) is 5.16. The number of ether oxygens (including phenoxy) is 1. The Morgan fingerprint density at radius 1 is 1.16 bits per heavy atom. The normalized spacial score (nSPS) is 12.2. The molecule has 1 unspecified atom stereocenters. The summed E-state index contributed by atoms with van der Waals surface area (Å²) in [6.45, 7) is 2.66. The van der Waals surface area contributed by atoms with E-state index in [4.69, 9.17) is 15.5 Å². The van der Waals surface area contributed by atoms with E-state index in [0.717, 1.165) is 33.6 Å². The van der Waals surface area contributed by atoms with E-state index >= 15 is 0 Å². The molecule has 5 nitrogen and oxygen atoms in total. The summed E-state index contributed by atoms with van der Waals surface area (Å²) in [6.07, 6.45) is -0.593. The Morgan fingerprint density at radius 3 is 2.60 bits per heavy atom. The van der Waals surface area contributed by atoms with E-state index in [1.54, 1.807) is 7.11 Å². The number of anilines is 1. The van der Waals surface area contributed by atoms with E-state index in [9.17, 15) is 5.11 Å². The minimum Gasteiger partial charge on any atom is -0.497 e. The highest BCUT2D eigenvalue weighted by molar-refractivity contribution is 5.94. The van der Waals surface area contributed by atoms with Crippen LogP contribution in [0.15, 0.2) is 48.5 Å². The highest BCUT2D eigenvalue weighted by atomic mass is 16.5. The summed E-state index contributed by atoms with van der Waals surface area (Å²) >= 11 is 0. The number of hydrogen-bond donors (Lipinski definition) is 3. The molecular weight excluding hydrogens is 314 g/mol. The molecule has 0 saturated carbocycles. The van der Waals surface area contributed by atoms with E-state index in [0.29, 0.717) is 6.54 Å². The Labute approximate surface area is 147 Å². The number of fused-ring (bicyclic) bond motifs is 1. The molecule has 0 aliphatic rings. The van der Waals surface area contributed by atoms with Gasteiger partial charge in [-0.25, -0.2) is 4.98 Å². The molecule has 0 fully saturated rings. The number of aryl methyl sites for hydroxylation is 1. The predicted octanol–water partition coefficient (Wildman–Crippen LogP) is 2.95. The first-order valence-electron chi connectivity index (χ1n) is 8.28. The molecule has 3 aromatic rings. The first-order valence-corrected chi connectivity index (χ1v) is 8.28. The maximum absolute atomic E-state index is 9.77. The maximum Gasteiger partial charge on any atom is 0.121 e. The summed E-state index contributed by atoms with van der Waals surface area (Å²) in [5.74, 6) is 0.758. The lowest BCUT2D eigenvalue weighted by Gasteiger charge is -2.15. The summed E-state index contributed by atoms with van der Waals surface area (Å²) in [5, 5.41) is 14.0. The van der Waals surface area contributed by atoms with Crippen LogP contribution in [-0.2, 0) is 0 Å². The second-order valence-corrected chi connectivity index (χ2v) is 6.07. The number of nitrogens with two attached hydrogens (primary N) is 1. The van der Waals surface area contributed by atoms with Crippen LogP contribution in [0, 0.1) is 6.92 Å². The molecule has 25 heavy (non-hydrogen) atoms. The molecule has 1 heterocycles. The zero-order chi connectivity index (χ0) is 17.8. The summed E-state index contributed by atoms with van der Waals surface area (Å²) < 4.78 is 5.32. The topological polar surface area (TPSA) is 80.4 Å². The van der Waals surface area contributed by atoms with Gasteiger partial charge >= 0.3 is 0 Å².